The Morgan fingerprint density at radius 2 is 1.56 bits per heavy atom. The number of benzene rings is 1. The van der Waals surface area contributed by atoms with Crippen LogP contribution in [0.25, 0.3) is 0 Å². The first kappa shape index (κ1) is 24.3. The Labute approximate surface area is 173 Å². The van der Waals surface area contributed by atoms with Gasteiger partial charge in [-0.2, -0.15) is 0 Å². The summed E-state index contributed by atoms with van der Waals surface area (Å²) in [5.74, 6) is 0.775. The van der Waals surface area contributed by atoms with Crippen molar-refractivity contribution in [2.45, 2.75) is 39.5 Å². The van der Waals surface area contributed by atoms with Gasteiger partial charge in [-0.15, -0.1) is 0 Å². The van der Waals surface area contributed by atoms with Crippen molar-refractivity contribution < 1.29 is 52.0 Å². The number of nitrogens with zero attached hydrogens (tertiary/aromatic N) is 1. The van der Waals surface area contributed by atoms with Crippen molar-refractivity contribution in [2.24, 2.45) is 0 Å². The first-order valence-electron chi connectivity index (χ1n) is 8.10. The van der Waals surface area contributed by atoms with Gasteiger partial charge in [0.1, 0.15) is 11.5 Å². The van der Waals surface area contributed by atoms with E-state index in [2.05, 4.69) is 18.7 Å². The number of anilines is 2. The number of nitrogens with one attached hydrogen (secondary N) is 1. The molecule has 0 heterocycles. The second-order valence-electron chi connectivity index (χ2n) is 5.47. The van der Waals surface area contributed by atoms with Crippen LogP contribution in [-0.4, -0.2) is 40.3 Å². The van der Waals surface area contributed by atoms with Gasteiger partial charge < -0.3 is 18.9 Å². The number of hydrogen-bond donors (Lipinski definition) is 1. The van der Waals surface area contributed by atoms with Crippen molar-refractivity contribution in [3.8, 4) is 11.5 Å². The molecule has 7 nitrogen and oxygen atoms in total. The van der Waals surface area contributed by atoms with E-state index in [1.807, 2.05) is 4.72 Å². The normalized spacial score (nSPS) is 10.8. The fourth-order valence-electron chi connectivity index (χ4n) is 2.39. The van der Waals surface area contributed by atoms with Crippen LogP contribution in [0, 0.1) is 0 Å². The summed E-state index contributed by atoms with van der Waals surface area (Å²) in [6, 6.07) is 3.19. The largest absolute Gasteiger partial charge is 1.00 e. The fraction of sp³-hybridized carbons (Fsp3) is 0.625. The van der Waals surface area contributed by atoms with Gasteiger partial charge in [0.25, 0.3) is 0 Å². The second kappa shape index (κ2) is 11.9. The predicted molar refractivity (Wildman–Crippen MR) is 94.9 cm³/mol. The zero-order chi connectivity index (χ0) is 18.2. The second-order valence-corrected chi connectivity index (χ2v) is 6.59. The quantitative estimate of drug-likeness (QED) is 0.428. The summed E-state index contributed by atoms with van der Waals surface area (Å²) in [6.07, 6.45) is 4.19. The third kappa shape index (κ3) is 8.04. The van der Waals surface area contributed by atoms with E-state index in [0.717, 1.165) is 44.5 Å². The molecule has 0 radical (unpaired) electrons. The summed E-state index contributed by atoms with van der Waals surface area (Å²) in [7, 11) is -1.71. The number of ether oxygens (including phenoxy) is 2. The van der Waals surface area contributed by atoms with Crippen molar-refractivity contribution in [1.82, 2.24) is 0 Å². The molecule has 0 spiro atoms. The van der Waals surface area contributed by atoms with Gasteiger partial charge in [0.05, 0.1) is 25.6 Å². The zero-order valence-corrected chi connectivity index (χ0v) is 18.6. The van der Waals surface area contributed by atoms with Crippen LogP contribution in [-0.2, 0) is 10.3 Å². The third-order valence-electron chi connectivity index (χ3n) is 3.64. The molecule has 1 aromatic rings. The maximum atomic E-state index is 11.0. The van der Waals surface area contributed by atoms with Gasteiger partial charge in [-0.25, -0.2) is 8.42 Å². The smallest absolute Gasteiger partial charge is 0.731 e. The van der Waals surface area contributed by atoms with Crippen LogP contribution >= 0.6 is 0 Å². The van der Waals surface area contributed by atoms with Crippen LogP contribution in [0.2, 0.25) is 0 Å². The molecule has 0 aliphatic carbocycles. The van der Waals surface area contributed by atoms with E-state index in [1.54, 1.807) is 6.07 Å². The third-order valence-corrected chi connectivity index (χ3v) is 4.11. The Morgan fingerprint density at radius 1 is 1.04 bits per heavy atom. The molecular formula is C16H27N2NaO5S. The zero-order valence-electron chi connectivity index (χ0n) is 15.8. The summed E-state index contributed by atoms with van der Waals surface area (Å²) in [6.45, 7) is 5.98. The van der Waals surface area contributed by atoms with Crippen molar-refractivity contribution in [2.75, 3.05) is 36.9 Å². The molecule has 0 saturated heterocycles. The Morgan fingerprint density at radius 3 is 1.96 bits per heavy atom. The number of hydrogen-bond acceptors (Lipinski definition) is 6. The monoisotopic (exact) mass is 382 g/mol. The SMILES string of the molecule is CCCCN(CCCC)c1cc(OC)c(NS(=O)(=O)[O-])cc1OC.[Na+]. The van der Waals surface area contributed by atoms with Gasteiger partial charge in [-0.3, -0.25) is 4.72 Å². The van der Waals surface area contributed by atoms with E-state index in [0.29, 0.717) is 5.75 Å². The summed E-state index contributed by atoms with van der Waals surface area (Å²) in [5, 5.41) is 0. The van der Waals surface area contributed by atoms with Gasteiger partial charge >= 0.3 is 29.6 Å². The summed E-state index contributed by atoms with van der Waals surface area (Å²) < 4.78 is 45.6. The van der Waals surface area contributed by atoms with Gasteiger partial charge in [-0.05, 0) is 12.8 Å². The van der Waals surface area contributed by atoms with Gasteiger partial charge in [0.15, 0.2) is 10.3 Å². The minimum absolute atomic E-state index is 0. The molecule has 1 aromatic carbocycles. The van der Waals surface area contributed by atoms with Crippen molar-refractivity contribution >= 4 is 21.7 Å². The van der Waals surface area contributed by atoms with E-state index < -0.39 is 10.3 Å². The van der Waals surface area contributed by atoms with E-state index in [1.165, 1.54) is 20.3 Å². The maximum absolute atomic E-state index is 11.0. The molecule has 1 rings (SSSR count). The topological polar surface area (TPSA) is 90.9 Å². The summed E-state index contributed by atoms with van der Waals surface area (Å²) in [5.41, 5.74) is 0.893. The first-order valence-corrected chi connectivity index (χ1v) is 9.51. The van der Waals surface area contributed by atoms with E-state index in [4.69, 9.17) is 9.47 Å². The van der Waals surface area contributed by atoms with Gasteiger partial charge in [-0.1, -0.05) is 26.7 Å². The Kier molecular flexibility index (Phi) is 11.5. The van der Waals surface area contributed by atoms with E-state index >= 15 is 0 Å². The molecular weight excluding hydrogens is 355 g/mol. The molecule has 0 bridgehead atoms. The number of rotatable bonds is 11. The van der Waals surface area contributed by atoms with Crippen molar-refractivity contribution in [1.29, 1.82) is 0 Å². The summed E-state index contributed by atoms with van der Waals surface area (Å²) >= 11 is 0. The van der Waals surface area contributed by atoms with Crippen LogP contribution < -0.4 is 48.7 Å². The molecule has 0 fully saturated rings. The molecule has 25 heavy (non-hydrogen) atoms. The van der Waals surface area contributed by atoms with Crippen LogP contribution in [0.3, 0.4) is 0 Å². The minimum atomic E-state index is -4.65. The number of unbranched alkanes of at least 4 members (excludes halogenated alkanes) is 2. The predicted octanol–water partition coefficient (Wildman–Crippen LogP) is -0.0135. The van der Waals surface area contributed by atoms with Crippen LogP contribution in [0.1, 0.15) is 39.5 Å². The molecule has 0 aliphatic rings. The van der Waals surface area contributed by atoms with Crippen LogP contribution in [0.4, 0.5) is 11.4 Å². The molecule has 1 N–H and O–H groups in total. The molecule has 0 unspecified atom stereocenters. The van der Waals surface area contributed by atoms with Crippen LogP contribution in [0.15, 0.2) is 12.1 Å². The fourth-order valence-corrected chi connectivity index (χ4v) is 2.82. The molecule has 0 aromatic heterocycles. The first-order chi connectivity index (χ1) is 11.4. The average molecular weight is 382 g/mol. The Balaban J connectivity index is 0.00000576. The molecule has 0 saturated carbocycles. The standard InChI is InChI=1S/C16H28N2O5S.Na/c1-5-7-9-18(10-8-6-2)14-12-15(22-3)13(11-16(14)23-4)17-24(19,20)21;/h11-12,17H,5-10H2,1-4H3,(H,19,20,21);/q;+1/p-1. The number of methoxy groups -OCH3 is 2. The van der Waals surface area contributed by atoms with Crippen molar-refractivity contribution in [3.63, 3.8) is 0 Å². The molecule has 0 aliphatic heterocycles. The minimum Gasteiger partial charge on any atom is -0.731 e. The van der Waals surface area contributed by atoms with Crippen LogP contribution in [0.5, 0.6) is 11.5 Å². The Hall–Kier alpha value is -0.670. The molecule has 0 amide bonds. The Bertz CT molecular complexity index is 617. The molecule has 9 heteroatoms. The van der Waals surface area contributed by atoms with Gasteiger partial charge in [0, 0.05) is 25.2 Å². The summed E-state index contributed by atoms with van der Waals surface area (Å²) in [4.78, 5) is 2.20. The van der Waals surface area contributed by atoms with E-state index in [-0.39, 0.29) is 41.0 Å². The average Bonchev–Trinajstić information content (AvgIpc) is 2.53. The van der Waals surface area contributed by atoms with Crippen molar-refractivity contribution in [3.05, 3.63) is 12.1 Å². The van der Waals surface area contributed by atoms with E-state index in [9.17, 15) is 13.0 Å². The van der Waals surface area contributed by atoms with Gasteiger partial charge in [0.2, 0.25) is 0 Å². The molecule has 0 atom stereocenters. The molecule has 138 valence electrons. The maximum Gasteiger partial charge on any atom is 1.00 e.